The van der Waals surface area contributed by atoms with Crippen LogP contribution >= 0.6 is 0 Å². The van der Waals surface area contributed by atoms with Gasteiger partial charge >= 0.3 is 5.97 Å². The third kappa shape index (κ3) is 3.62. The van der Waals surface area contributed by atoms with Crippen molar-refractivity contribution >= 4 is 17.6 Å². The van der Waals surface area contributed by atoms with Gasteiger partial charge < -0.3 is 10.2 Å². The van der Waals surface area contributed by atoms with Crippen molar-refractivity contribution in [2.75, 3.05) is 6.54 Å². The first-order chi connectivity index (χ1) is 7.29. The fraction of sp³-hybridized carbons (Fsp3) is 0.700. The first kappa shape index (κ1) is 12.6. The van der Waals surface area contributed by atoms with Gasteiger partial charge in [-0.2, -0.15) is 5.10 Å². The number of carboxylic acids is 1. The Morgan fingerprint density at radius 2 is 2.12 bits per heavy atom. The van der Waals surface area contributed by atoms with Crippen LogP contribution in [-0.4, -0.2) is 45.0 Å². The highest BCUT2D eigenvalue weighted by Crippen LogP contribution is 2.14. The van der Waals surface area contributed by atoms with Crippen molar-refractivity contribution in [3.05, 3.63) is 0 Å². The number of carbonyl (C=O) groups is 2. The molecule has 0 aromatic carbocycles. The molecule has 0 unspecified atom stereocenters. The fourth-order valence-corrected chi connectivity index (χ4v) is 1.31. The van der Waals surface area contributed by atoms with E-state index in [2.05, 4.69) is 5.10 Å². The molecule has 0 saturated heterocycles. The molecule has 0 atom stereocenters. The lowest BCUT2D eigenvalue weighted by atomic mass is 10.1. The Morgan fingerprint density at radius 3 is 2.62 bits per heavy atom. The number of nitrogens with zero attached hydrogens (tertiary/aromatic N) is 2. The number of aliphatic hydroxyl groups is 1. The van der Waals surface area contributed by atoms with E-state index in [-0.39, 0.29) is 31.0 Å². The lowest BCUT2D eigenvalue weighted by Gasteiger charge is -2.25. The van der Waals surface area contributed by atoms with E-state index in [1.54, 1.807) is 13.8 Å². The quantitative estimate of drug-likeness (QED) is 0.719. The van der Waals surface area contributed by atoms with Crippen LogP contribution in [-0.2, 0) is 9.59 Å². The summed E-state index contributed by atoms with van der Waals surface area (Å²) in [7, 11) is 0. The summed E-state index contributed by atoms with van der Waals surface area (Å²) in [6.45, 7) is 3.49. The van der Waals surface area contributed by atoms with Gasteiger partial charge in [-0.25, -0.2) is 9.80 Å². The number of rotatable bonds is 4. The van der Waals surface area contributed by atoms with E-state index in [4.69, 9.17) is 5.11 Å². The number of hydrogen-bond acceptors (Lipinski definition) is 4. The summed E-state index contributed by atoms with van der Waals surface area (Å²) in [4.78, 5) is 22.1. The van der Waals surface area contributed by atoms with Gasteiger partial charge in [-0.05, 0) is 20.3 Å². The molecule has 16 heavy (non-hydrogen) atoms. The zero-order valence-electron chi connectivity index (χ0n) is 9.43. The Labute approximate surface area is 93.6 Å². The molecule has 1 heterocycles. The molecular weight excluding hydrogens is 212 g/mol. The van der Waals surface area contributed by atoms with E-state index in [0.717, 1.165) is 5.01 Å². The van der Waals surface area contributed by atoms with Crippen molar-refractivity contribution in [3.63, 3.8) is 0 Å². The Kier molecular flexibility index (Phi) is 3.64. The van der Waals surface area contributed by atoms with Gasteiger partial charge in [-0.15, -0.1) is 0 Å². The topological polar surface area (TPSA) is 90.2 Å². The molecule has 0 radical (unpaired) electrons. The molecule has 6 heteroatoms. The maximum atomic E-state index is 11.4. The Balaban J connectivity index is 2.66. The fourth-order valence-electron chi connectivity index (χ4n) is 1.31. The van der Waals surface area contributed by atoms with Gasteiger partial charge in [0.05, 0.1) is 5.60 Å². The minimum atomic E-state index is -1.10. The van der Waals surface area contributed by atoms with E-state index in [0.29, 0.717) is 6.42 Å². The SMILES string of the molecule is CC(C)(O)CCN1N=C(C(=O)O)CCC1=O. The molecule has 6 nitrogen and oxygen atoms in total. The highest BCUT2D eigenvalue weighted by Gasteiger charge is 2.25. The van der Waals surface area contributed by atoms with Crippen molar-refractivity contribution in [1.82, 2.24) is 5.01 Å². The molecule has 1 aliphatic heterocycles. The molecule has 0 aromatic rings. The third-order valence-electron chi connectivity index (χ3n) is 2.29. The zero-order valence-corrected chi connectivity index (χ0v) is 9.43. The minimum absolute atomic E-state index is 0.00431. The molecule has 0 aromatic heterocycles. The van der Waals surface area contributed by atoms with Crippen molar-refractivity contribution < 1.29 is 19.8 Å². The standard InChI is InChI=1S/C10H16N2O4/c1-10(2,16)5-6-12-8(13)4-3-7(11-12)9(14)15/h16H,3-6H2,1-2H3,(H,14,15). The monoisotopic (exact) mass is 228 g/mol. The summed E-state index contributed by atoms with van der Waals surface area (Å²) in [5.74, 6) is -1.30. The Bertz CT molecular complexity index is 330. The van der Waals surface area contributed by atoms with Gasteiger partial charge in [0.25, 0.3) is 0 Å². The molecule has 2 N–H and O–H groups in total. The number of carboxylic acid groups (broad SMARTS) is 1. The summed E-state index contributed by atoms with van der Waals surface area (Å²) >= 11 is 0. The summed E-state index contributed by atoms with van der Waals surface area (Å²) in [5, 5.41) is 23.1. The molecule has 0 aliphatic carbocycles. The van der Waals surface area contributed by atoms with Crippen LogP contribution in [0, 0.1) is 0 Å². The highest BCUT2D eigenvalue weighted by atomic mass is 16.4. The first-order valence-electron chi connectivity index (χ1n) is 5.13. The van der Waals surface area contributed by atoms with E-state index in [9.17, 15) is 14.7 Å². The number of carbonyl (C=O) groups excluding carboxylic acids is 1. The van der Waals surface area contributed by atoms with Crippen LogP contribution in [0.3, 0.4) is 0 Å². The predicted molar refractivity (Wildman–Crippen MR) is 56.9 cm³/mol. The molecule has 1 amide bonds. The number of aliphatic carboxylic acids is 1. The second-order valence-corrected chi connectivity index (χ2v) is 4.43. The Morgan fingerprint density at radius 1 is 1.50 bits per heavy atom. The summed E-state index contributed by atoms with van der Waals surface area (Å²) in [6.07, 6.45) is 0.694. The van der Waals surface area contributed by atoms with E-state index in [1.165, 1.54) is 0 Å². The van der Waals surface area contributed by atoms with Gasteiger partial charge in [-0.3, -0.25) is 4.79 Å². The molecule has 0 saturated carbocycles. The van der Waals surface area contributed by atoms with Crippen molar-refractivity contribution in [2.24, 2.45) is 5.10 Å². The van der Waals surface area contributed by atoms with Crippen LogP contribution in [0.2, 0.25) is 0 Å². The number of hydrazone groups is 1. The average Bonchev–Trinajstić information content (AvgIpc) is 2.14. The molecule has 0 bridgehead atoms. The van der Waals surface area contributed by atoms with Gasteiger partial charge in [0, 0.05) is 19.4 Å². The van der Waals surface area contributed by atoms with Crippen LogP contribution in [0.4, 0.5) is 0 Å². The summed E-state index contributed by atoms with van der Waals surface area (Å²) in [6, 6.07) is 0. The van der Waals surface area contributed by atoms with E-state index < -0.39 is 11.6 Å². The lowest BCUT2D eigenvalue weighted by Crippen LogP contribution is -2.37. The van der Waals surface area contributed by atoms with Gasteiger partial charge in [0.15, 0.2) is 0 Å². The van der Waals surface area contributed by atoms with Crippen LogP contribution in [0.5, 0.6) is 0 Å². The maximum Gasteiger partial charge on any atom is 0.352 e. The molecule has 1 aliphatic rings. The van der Waals surface area contributed by atoms with E-state index in [1.807, 2.05) is 0 Å². The molecule has 0 fully saturated rings. The second-order valence-electron chi connectivity index (χ2n) is 4.43. The van der Waals surface area contributed by atoms with Crippen molar-refractivity contribution in [2.45, 2.75) is 38.7 Å². The molecule has 0 spiro atoms. The lowest BCUT2D eigenvalue weighted by molar-refractivity contribution is -0.133. The predicted octanol–water partition coefficient (Wildman–Crippen LogP) is 0.210. The number of amides is 1. The van der Waals surface area contributed by atoms with Gasteiger partial charge in [0.2, 0.25) is 5.91 Å². The van der Waals surface area contributed by atoms with Gasteiger partial charge in [-0.1, -0.05) is 0 Å². The first-order valence-corrected chi connectivity index (χ1v) is 5.13. The summed E-state index contributed by atoms with van der Waals surface area (Å²) < 4.78 is 0. The third-order valence-corrected chi connectivity index (χ3v) is 2.29. The smallest absolute Gasteiger partial charge is 0.352 e. The average molecular weight is 228 g/mol. The normalized spacial score (nSPS) is 17.3. The minimum Gasteiger partial charge on any atom is -0.477 e. The molecule has 90 valence electrons. The van der Waals surface area contributed by atoms with Crippen molar-refractivity contribution in [1.29, 1.82) is 0 Å². The largest absolute Gasteiger partial charge is 0.477 e. The van der Waals surface area contributed by atoms with E-state index >= 15 is 0 Å². The maximum absolute atomic E-state index is 11.4. The van der Waals surface area contributed by atoms with Crippen molar-refractivity contribution in [3.8, 4) is 0 Å². The van der Waals surface area contributed by atoms with Crippen LogP contribution in [0.15, 0.2) is 5.10 Å². The molecular formula is C10H16N2O4. The van der Waals surface area contributed by atoms with Crippen LogP contribution < -0.4 is 0 Å². The highest BCUT2D eigenvalue weighted by molar-refractivity contribution is 6.36. The molecule has 1 rings (SSSR count). The summed E-state index contributed by atoms with van der Waals surface area (Å²) in [5.41, 5.74) is -0.897. The second kappa shape index (κ2) is 4.61. The van der Waals surface area contributed by atoms with Gasteiger partial charge in [0.1, 0.15) is 5.71 Å². The number of hydrogen-bond donors (Lipinski definition) is 2. The van der Waals surface area contributed by atoms with Crippen LogP contribution in [0.1, 0.15) is 33.1 Å². The Hall–Kier alpha value is -1.43. The van der Waals surface area contributed by atoms with Crippen LogP contribution in [0.25, 0.3) is 0 Å². The zero-order chi connectivity index (χ0) is 12.3.